The van der Waals surface area contributed by atoms with E-state index in [0.29, 0.717) is 12.4 Å². The largest absolute Gasteiger partial charge is 0.491 e. The number of carbonyl (C=O) groups is 1. The van der Waals surface area contributed by atoms with Crippen molar-refractivity contribution >= 4 is 17.7 Å². The van der Waals surface area contributed by atoms with E-state index < -0.39 is 12.4 Å². The SMILES string of the molecule is CNC(=O)Oc1ccccc1C1OC(C)C(C)O1.Cc1cc(OCCO)cc(C)c1Cl. The lowest BCUT2D eigenvalue weighted by Crippen LogP contribution is -2.23. The van der Waals surface area contributed by atoms with E-state index in [2.05, 4.69) is 5.32 Å². The summed E-state index contributed by atoms with van der Waals surface area (Å²) in [4.78, 5) is 11.3. The molecule has 7 nitrogen and oxygen atoms in total. The molecule has 3 rings (SSSR count). The van der Waals surface area contributed by atoms with Crippen molar-refractivity contribution in [3.05, 3.63) is 58.1 Å². The Hall–Kier alpha value is -2.32. The quantitative estimate of drug-likeness (QED) is 0.693. The summed E-state index contributed by atoms with van der Waals surface area (Å²) >= 11 is 5.98. The van der Waals surface area contributed by atoms with Gasteiger partial charge in [0.15, 0.2) is 6.29 Å². The summed E-state index contributed by atoms with van der Waals surface area (Å²) < 4.78 is 21.8. The molecule has 1 heterocycles. The molecule has 1 aliphatic heterocycles. The monoisotopic (exact) mass is 451 g/mol. The van der Waals surface area contributed by atoms with Gasteiger partial charge in [-0.1, -0.05) is 29.8 Å². The fourth-order valence-corrected chi connectivity index (χ4v) is 2.97. The molecule has 8 heteroatoms. The lowest BCUT2D eigenvalue weighted by molar-refractivity contribution is -0.0662. The van der Waals surface area contributed by atoms with Gasteiger partial charge in [0.2, 0.25) is 0 Å². The highest BCUT2D eigenvalue weighted by molar-refractivity contribution is 6.32. The Bertz CT molecular complexity index is 842. The average Bonchev–Trinajstić information content (AvgIpc) is 3.09. The number of amides is 1. The Morgan fingerprint density at radius 2 is 1.71 bits per heavy atom. The summed E-state index contributed by atoms with van der Waals surface area (Å²) in [5, 5.41) is 11.8. The van der Waals surface area contributed by atoms with E-state index in [9.17, 15) is 4.79 Å². The summed E-state index contributed by atoms with van der Waals surface area (Å²) in [6.45, 7) is 8.11. The van der Waals surface area contributed by atoms with Gasteiger partial charge in [0.1, 0.15) is 18.1 Å². The molecule has 2 atom stereocenters. The van der Waals surface area contributed by atoms with Crippen LogP contribution in [0.5, 0.6) is 11.5 Å². The first-order valence-electron chi connectivity index (χ1n) is 10.1. The Morgan fingerprint density at radius 1 is 1.13 bits per heavy atom. The standard InChI is InChI=1S/C13H17NO4.C10H13ClO2/c1-8-9(2)17-12(16-8)10-6-4-5-7-11(10)18-13(15)14-3;1-7-5-9(13-4-3-12)6-8(2)10(7)11/h4-9,12H,1-3H3,(H,14,15);5-6,12H,3-4H2,1-2H3. The zero-order chi connectivity index (χ0) is 23.0. The van der Waals surface area contributed by atoms with Crippen molar-refractivity contribution in [2.75, 3.05) is 20.3 Å². The second-order valence-corrected chi connectivity index (χ2v) is 7.51. The van der Waals surface area contributed by atoms with Crippen molar-refractivity contribution in [3.63, 3.8) is 0 Å². The predicted octanol–water partition coefficient (Wildman–Crippen LogP) is 4.56. The predicted molar refractivity (Wildman–Crippen MR) is 119 cm³/mol. The van der Waals surface area contributed by atoms with E-state index in [4.69, 9.17) is 35.7 Å². The van der Waals surface area contributed by atoms with Gasteiger partial charge in [-0.2, -0.15) is 0 Å². The maximum Gasteiger partial charge on any atom is 0.412 e. The van der Waals surface area contributed by atoms with E-state index in [1.54, 1.807) is 12.1 Å². The van der Waals surface area contributed by atoms with Crippen LogP contribution in [0.1, 0.15) is 36.8 Å². The molecule has 0 bridgehead atoms. The van der Waals surface area contributed by atoms with E-state index >= 15 is 0 Å². The molecule has 0 radical (unpaired) electrons. The Labute approximate surface area is 188 Å². The number of nitrogens with one attached hydrogen (secondary N) is 1. The minimum absolute atomic E-state index is 0.0167. The van der Waals surface area contributed by atoms with Crippen LogP contribution < -0.4 is 14.8 Å². The van der Waals surface area contributed by atoms with Gasteiger partial charge in [-0.3, -0.25) is 0 Å². The summed E-state index contributed by atoms with van der Waals surface area (Å²) in [7, 11) is 1.51. The highest BCUT2D eigenvalue weighted by Crippen LogP contribution is 2.35. The number of aliphatic hydroxyl groups excluding tert-OH is 1. The smallest absolute Gasteiger partial charge is 0.412 e. The first kappa shape index (κ1) is 24.9. The van der Waals surface area contributed by atoms with Crippen LogP contribution in [0.2, 0.25) is 5.02 Å². The third kappa shape index (κ3) is 7.11. The zero-order valence-corrected chi connectivity index (χ0v) is 19.2. The molecular formula is C23H30ClNO6. The molecule has 1 aliphatic rings. The first-order chi connectivity index (χ1) is 14.8. The van der Waals surface area contributed by atoms with E-state index in [-0.39, 0.29) is 18.8 Å². The summed E-state index contributed by atoms with van der Waals surface area (Å²) in [5.74, 6) is 1.21. The number of carbonyl (C=O) groups excluding carboxylic acids is 1. The van der Waals surface area contributed by atoms with Gasteiger partial charge in [-0.25, -0.2) is 4.79 Å². The number of hydrogen-bond acceptors (Lipinski definition) is 6. The minimum atomic E-state index is -0.512. The van der Waals surface area contributed by atoms with Crippen molar-refractivity contribution in [1.82, 2.24) is 5.32 Å². The van der Waals surface area contributed by atoms with Crippen LogP contribution in [-0.2, 0) is 9.47 Å². The van der Waals surface area contributed by atoms with Crippen molar-refractivity contribution in [1.29, 1.82) is 0 Å². The fraction of sp³-hybridized carbons (Fsp3) is 0.435. The molecule has 0 spiro atoms. The summed E-state index contributed by atoms with van der Waals surface area (Å²) in [6, 6.07) is 10.9. The van der Waals surface area contributed by atoms with Crippen molar-refractivity contribution in [3.8, 4) is 11.5 Å². The van der Waals surface area contributed by atoms with Crippen molar-refractivity contribution < 1.29 is 28.8 Å². The molecule has 31 heavy (non-hydrogen) atoms. The molecule has 0 saturated carbocycles. The molecule has 1 saturated heterocycles. The highest BCUT2D eigenvalue weighted by atomic mass is 35.5. The van der Waals surface area contributed by atoms with Gasteiger partial charge < -0.3 is 29.4 Å². The van der Waals surface area contributed by atoms with E-state index in [1.165, 1.54) is 7.05 Å². The average molecular weight is 452 g/mol. The molecule has 1 amide bonds. The van der Waals surface area contributed by atoms with Crippen molar-refractivity contribution in [2.24, 2.45) is 0 Å². The second kappa shape index (κ2) is 11.9. The molecule has 0 aliphatic carbocycles. The van der Waals surface area contributed by atoms with Gasteiger partial charge in [0.25, 0.3) is 0 Å². The van der Waals surface area contributed by atoms with E-state index in [0.717, 1.165) is 27.5 Å². The van der Waals surface area contributed by atoms with Crippen LogP contribution in [0.15, 0.2) is 36.4 Å². The molecule has 0 aromatic heterocycles. The number of rotatable bonds is 5. The van der Waals surface area contributed by atoms with Crippen LogP contribution in [0.4, 0.5) is 4.79 Å². The molecule has 2 unspecified atom stereocenters. The number of aliphatic hydroxyl groups is 1. The highest BCUT2D eigenvalue weighted by Gasteiger charge is 2.32. The Kier molecular flexibility index (Phi) is 9.58. The number of hydrogen-bond donors (Lipinski definition) is 2. The number of para-hydroxylation sites is 1. The molecule has 1 fully saturated rings. The van der Waals surface area contributed by atoms with Gasteiger partial charge in [0, 0.05) is 12.1 Å². The topological polar surface area (TPSA) is 86.3 Å². The maximum absolute atomic E-state index is 11.3. The molecule has 2 N–H and O–H groups in total. The molecule has 2 aromatic rings. The maximum atomic E-state index is 11.3. The van der Waals surface area contributed by atoms with Crippen LogP contribution in [-0.4, -0.2) is 43.7 Å². The zero-order valence-electron chi connectivity index (χ0n) is 18.5. The normalized spacial score (nSPS) is 19.9. The lowest BCUT2D eigenvalue weighted by atomic mass is 10.1. The number of halogens is 1. The van der Waals surface area contributed by atoms with Gasteiger partial charge in [-0.15, -0.1) is 0 Å². The molecule has 170 valence electrons. The summed E-state index contributed by atoms with van der Waals surface area (Å²) in [6.07, 6.45) is -0.969. The number of benzene rings is 2. The van der Waals surface area contributed by atoms with E-state index in [1.807, 2.05) is 52.0 Å². The fourth-order valence-electron chi connectivity index (χ4n) is 2.86. The Morgan fingerprint density at radius 3 is 2.26 bits per heavy atom. The second-order valence-electron chi connectivity index (χ2n) is 7.13. The number of aryl methyl sites for hydroxylation is 2. The Balaban J connectivity index is 0.000000233. The van der Waals surface area contributed by atoms with Crippen molar-refractivity contribution in [2.45, 2.75) is 46.2 Å². The van der Waals surface area contributed by atoms with Crippen LogP contribution in [0, 0.1) is 13.8 Å². The lowest BCUT2D eigenvalue weighted by Gasteiger charge is -2.14. The summed E-state index contributed by atoms with van der Waals surface area (Å²) in [5.41, 5.74) is 2.71. The molecule has 2 aromatic carbocycles. The third-order valence-corrected chi connectivity index (χ3v) is 5.28. The first-order valence-corrected chi connectivity index (χ1v) is 10.4. The molecular weight excluding hydrogens is 422 g/mol. The number of ether oxygens (including phenoxy) is 4. The van der Waals surface area contributed by atoms with Crippen LogP contribution in [0.25, 0.3) is 0 Å². The minimum Gasteiger partial charge on any atom is -0.491 e. The van der Waals surface area contributed by atoms with Gasteiger partial charge in [-0.05, 0) is 57.0 Å². The van der Waals surface area contributed by atoms with Gasteiger partial charge in [0.05, 0.1) is 24.4 Å². The third-order valence-electron chi connectivity index (χ3n) is 4.69. The van der Waals surface area contributed by atoms with Gasteiger partial charge >= 0.3 is 6.09 Å². The van der Waals surface area contributed by atoms with Crippen LogP contribution >= 0.6 is 11.6 Å². The van der Waals surface area contributed by atoms with Crippen LogP contribution in [0.3, 0.4) is 0 Å².